The number of benzene rings is 2. The Morgan fingerprint density at radius 3 is 1.65 bits per heavy atom. The zero-order chi connectivity index (χ0) is 15.0. The van der Waals surface area contributed by atoms with Crippen molar-refractivity contribution < 1.29 is 10.0 Å². The molecule has 2 nitrogen and oxygen atoms in total. The summed E-state index contributed by atoms with van der Waals surface area (Å²) in [6, 6.07) is 7.49. The molecule has 0 saturated carbocycles. The number of rotatable bonds is 2. The predicted octanol–water partition coefficient (Wildman–Crippen LogP) is -7.67. The lowest BCUT2D eigenvalue weighted by Gasteiger charge is -2.22. The van der Waals surface area contributed by atoms with Crippen molar-refractivity contribution in [1.82, 2.24) is 0 Å². The normalized spacial score (nSPS) is 10.5. The van der Waals surface area contributed by atoms with E-state index in [1.54, 1.807) is 6.07 Å². The molecule has 20 heavy (non-hydrogen) atoms. The van der Waals surface area contributed by atoms with Crippen LogP contribution in [0.4, 0.5) is 0 Å². The fraction of sp³-hybridized carbons (Fsp3) is 0. The van der Waals surface area contributed by atoms with Crippen LogP contribution in [0.3, 0.4) is 0 Å². The molecule has 2 aromatic carbocycles. The molecule has 0 atom stereocenters. The van der Waals surface area contributed by atoms with Gasteiger partial charge in [-0.25, -0.2) is 0 Å². The molecule has 0 aliphatic carbocycles. The summed E-state index contributed by atoms with van der Waals surface area (Å²) in [7, 11) is 9.14. The summed E-state index contributed by atoms with van der Waals surface area (Å²) in [6.07, 6.45) is 0. The SMILES string of the molecule is Bc1c(B)c(B)c(-c2ccccc2B(O)O)c(B)c1B. The van der Waals surface area contributed by atoms with Crippen molar-refractivity contribution >= 4 is 79.1 Å². The molecule has 8 heteroatoms. The average Bonchev–Trinajstić information content (AvgIpc) is 2.43. The van der Waals surface area contributed by atoms with E-state index in [1.165, 1.54) is 27.3 Å². The summed E-state index contributed by atoms with van der Waals surface area (Å²) in [4.78, 5) is 0. The highest BCUT2D eigenvalue weighted by molar-refractivity contribution is 6.69. The summed E-state index contributed by atoms with van der Waals surface area (Å²) >= 11 is 0. The van der Waals surface area contributed by atoms with Crippen molar-refractivity contribution in [2.75, 3.05) is 0 Å². The minimum absolute atomic E-state index is 0.557. The van der Waals surface area contributed by atoms with E-state index < -0.39 is 7.12 Å². The van der Waals surface area contributed by atoms with Crippen molar-refractivity contribution in [3.63, 3.8) is 0 Å². The van der Waals surface area contributed by atoms with Crippen LogP contribution in [0.15, 0.2) is 24.3 Å². The maximum atomic E-state index is 9.60. The molecule has 2 aromatic rings. The molecule has 0 aromatic heterocycles. The summed E-state index contributed by atoms with van der Waals surface area (Å²) in [5.41, 5.74) is 8.85. The van der Waals surface area contributed by atoms with Crippen LogP contribution >= 0.6 is 0 Å². The molecule has 2 N–H and O–H groups in total. The molecule has 0 bridgehead atoms. The second-order valence-corrected chi connectivity index (χ2v) is 5.46. The van der Waals surface area contributed by atoms with Gasteiger partial charge in [-0.3, -0.25) is 0 Å². The molecule has 0 heterocycles. The van der Waals surface area contributed by atoms with Gasteiger partial charge >= 0.3 is 7.12 Å². The van der Waals surface area contributed by atoms with Gasteiger partial charge in [0, 0.05) is 0 Å². The molecule has 0 amide bonds. The zero-order valence-electron chi connectivity index (χ0n) is 12.8. The fourth-order valence-electron chi connectivity index (χ4n) is 2.85. The third kappa shape index (κ3) is 2.38. The van der Waals surface area contributed by atoms with Gasteiger partial charge in [-0.2, -0.15) is 0 Å². The minimum Gasteiger partial charge on any atom is -0.423 e. The van der Waals surface area contributed by atoms with E-state index in [9.17, 15) is 10.0 Å². The van der Waals surface area contributed by atoms with E-state index in [4.69, 9.17) is 0 Å². The largest absolute Gasteiger partial charge is 0.489 e. The molecule has 0 fully saturated rings. The van der Waals surface area contributed by atoms with Gasteiger partial charge in [0.25, 0.3) is 0 Å². The molecule has 94 valence electrons. The Hall–Kier alpha value is -1.25. The topological polar surface area (TPSA) is 40.5 Å². The summed E-state index contributed by atoms with van der Waals surface area (Å²) in [6.45, 7) is 0. The van der Waals surface area contributed by atoms with Gasteiger partial charge in [0.1, 0.15) is 39.2 Å². The fourth-order valence-corrected chi connectivity index (χ4v) is 2.85. The molecule has 0 aliphatic heterocycles. The van der Waals surface area contributed by atoms with Crippen molar-refractivity contribution in [2.45, 2.75) is 0 Å². The van der Waals surface area contributed by atoms with Gasteiger partial charge in [-0.05, 0) is 16.6 Å². The first-order chi connectivity index (χ1) is 9.36. The second kappa shape index (κ2) is 5.63. The lowest BCUT2D eigenvalue weighted by Crippen LogP contribution is -2.55. The van der Waals surface area contributed by atoms with Crippen LogP contribution in [0.2, 0.25) is 0 Å². The van der Waals surface area contributed by atoms with E-state index >= 15 is 0 Å². The van der Waals surface area contributed by atoms with Crippen LogP contribution in [-0.4, -0.2) is 56.4 Å². The van der Waals surface area contributed by atoms with Gasteiger partial charge in [0.15, 0.2) is 0 Å². The highest BCUT2D eigenvalue weighted by atomic mass is 16.4. The van der Waals surface area contributed by atoms with Crippen LogP contribution in [-0.2, 0) is 0 Å². The van der Waals surface area contributed by atoms with E-state index in [1.807, 2.05) is 18.2 Å². The first-order valence-corrected chi connectivity index (χ1v) is 6.88. The van der Waals surface area contributed by atoms with Gasteiger partial charge in [0.2, 0.25) is 0 Å². The summed E-state index contributed by atoms with van der Waals surface area (Å²) in [5.74, 6) is 0. The first-order valence-electron chi connectivity index (χ1n) is 6.88. The molecule has 2 rings (SSSR count). The van der Waals surface area contributed by atoms with Crippen molar-refractivity contribution in [3.8, 4) is 11.1 Å². The third-order valence-corrected chi connectivity index (χ3v) is 4.51. The lowest BCUT2D eigenvalue weighted by molar-refractivity contribution is 0.426. The second-order valence-electron chi connectivity index (χ2n) is 5.46. The van der Waals surface area contributed by atoms with Gasteiger partial charge in [-0.15, -0.1) is 16.4 Å². The Bertz CT molecular complexity index is 642. The Balaban J connectivity index is 2.84. The molecule has 0 unspecified atom stereocenters. The Labute approximate surface area is 125 Å². The molecule has 0 saturated heterocycles. The monoisotopic (exact) mass is 258 g/mol. The average molecular weight is 257 g/mol. The highest BCUT2D eigenvalue weighted by Crippen LogP contribution is 2.11. The highest BCUT2D eigenvalue weighted by Gasteiger charge is 2.20. The summed E-state index contributed by atoms with van der Waals surface area (Å²) < 4.78 is 0. The number of hydrogen-bond acceptors (Lipinski definition) is 2. The molecule has 0 aliphatic rings. The van der Waals surface area contributed by atoms with E-state index in [0.717, 1.165) is 11.1 Å². The van der Waals surface area contributed by atoms with Crippen LogP contribution in [0.25, 0.3) is 11.1 Å². The first kappa shape index (κ1) is 15.1. The quantitative estimate of drug-likeness (QED) is 0.525. The molecule has 0 radical (unpaired) electrons. The van der Waals surface area contributed by atoms with Gasteiger partial charge in [0.05, 0.1) is 0 Å². The summed E-state index contributed by atoms with van der Waals surface area (Å²) in [5, 5.41) is 19.2. The van der Waals surface area contributed by atoms with E-state index in [-0.39, 0.29) is 0 Å². The van der Waals surface area contributed by atoms with Gasteiger partial charge < -0.3 is 10.0 Å². The Kier molecular flexibility index (Phi) is 4.26. The van der Waals surface area contributed by atoms with Crippen molar-refractivity contribution in [3.05, 3.63) is 24.3 Å². The van der Waals surface area contributed by atoms with Crippen LogP contribution in [0.1, 0.15) is 0 Å². The molecular formula is C12H16B6O2. The van der Waals surface area contributed by atoms with Crippen LogP contribution in [0.5, 0.6) is 0 Å². The Morgan fingerprint density at radius 2 is 1.15 bits per heavy atom. The third-order valence-electron chi connectivity index (χ3n) is 4.51. The Morgan fingerprint density at radius 1 is 0.700 bits per heavy atom. The zero-order valence-corrected chi connectivity index (χ0v) is 12.8. The smallest absolute Gasteiger partial charge is 0.423 e. The predicted molar refractivity (Wildman–Crippen MR) is 103 cm³/mol. The maximum Gasteiger partial charge on any atom is 0.489 e. The maximum absolute atomic E-state index is 9.60. The minimum atomic E-state index is -1.45. The molecule has 0 spiro atoms. The van der Waals surface area contributed by atoms with Crippen molar-refractivity contribution in [1.29, 1.82) is 0 Å². The van der Waals surface area contributed by atoms with Crippen molar-refractivity contribution in [2.24, 2.45) is 0 Å². The molecular weight excluding hydrogens is 241 g/mol. The van der Waals surface area contributed by atoms with E-state index in [2.05, 4.69) is 39.2 Å². The van der Waals surface area contributed by atoms with Crippen LogP contribution in [0, 0.1) is 0 Å². The van der Waals surface area contributed by atoms with E-state index in [0.29, 0.717) is 5.46 Å². The van der Waals surface area contributed by atoms with Gasteiger partial charge in [-0.1, -0.05) is 35.2 Å². The number of hydrogen-bond donors (Lipinski definition) is 2. The lowest BCUT2D eigenvalue weighted by atomic mass is 9.58. The van der Waals surface area contributed by atoms with Crippen LogP contribution < -0.4 is 32.8 Å². The standard InChI is InChI=1S/C12H16B6O2/c13-8-7(9(14)11(16)12(17)10(8)15)5-3-1-2-4-6(5)18(19)20/h1-4,19-20H,13-17H2.